The average molecular weight is 171 g/mol. The smallest absolute Gasteiger partial charge is 0.317 e. The van der Waals surface area contributed by atoms with Gasteiger partial charge in [-0.3, -0.25) is 0 Å². The molecule has 4 heteroatoms. The maximum Gasteiger partial charge on any atom is 0.317 e. The van der Waals surface area contributed by atoms with Crippen LogP contribution in [0.2, 0.25) is 0 Å². The van der Waals surface area contributed by atoms with Crippen LogP contribution in [0.4, 0.5) is 4.79 Å². The Balaban J connectivity index is 2.35. The summed E-state index contributed by atoms with van der Waals surface area (Å²) in [6.45, 7) is 7.26. The Labute approximate surface area is 73.3 Å². The first-order valence-corrected chi connectivity index (χ1v) is 4.50. The molecule has 1 aliphatic rings. The molecule has 2 N–H and O–H groups in total. The molecular weight excluding hydrogens is 154 g/mol. The van der Waals surface area contributed by atoms with Gasteiger partial charge in [0.25, 0.3) is 0 Å². The first-order chi connectivity index (χ1) is 5.74. The Morgan fingerprint density at radius 3 is 3.08 bits per heavy atom. The first-order valence-electron chi connectivity index (χ1n) is 4.50. The molecule has 1 fully saturated rings. The molecule has 4 nitrogen and oxygen atoms in total. The molecule has 0 unspecified atom stereocenters. The van der Waals surface area contributed by atoms with Gasteiger partial charge in [0.05, 0.1) is 0 Å². The SMILES string of the molecule is CCNC(=O)N1CCN[C@@H](C)C1. The second-order valence-corrected chi connectivity index (χ2v) is 3.14. The maximum atomic E-state index is 11.3. The van der Waals surface area contributed by atoms with Crippen molar-refractivity contribution in [3.63, 3.8) is 0 Å². The molecule has 0 aliphatic carbocycles. The van der Waals surface area contributed by atoms with E-state index >= 15 is 0 Å². The van der Waals surface area contributed by atoms with Crippen LogP contribution in [0.15, 0.2) is 0 Å². The highest BCUT2D eigenvalue weighted by Gasteiger charge is 2.19. The van der Waals surface area contributed by atoms with E-state index in [1.165, 1.54) is 0 Å². The number of nitrogens with zero attached hydrogens (tertiary/aromatic N) is 1. The van der Waals surface area contributed by atoms with E-state index in [1.54, 1.807) is 0 Å². The normalized spacial score (nSPS) is 23.8. The van der Waals surface area contributed by atoms with E-state index in [0.717, 1.165) is 19.6 Å². The largest absolute Gasteiger partial charge is 0.338 e. The van der Waals surface area contributed by atoms with E-state index in [2.05, 4.69) is 17.6 Å². The second kappa shape index (κ2) is 4.30. The fraction of sp³-hybridized carbons (Fsp3) is 0.875. The summed E-state index contributed by atoms with van der Waals surface area (Å²) in [5.41, 5.74) is 0. The van der Waals surface area contributed by atoms with E-state index in [1.807, 2.05) is 11.8 Å². The van der Waals surface area contributed by atoms with E-state index in [0.29, 0.717) is 12.6 Å². The van der Waals surface area contributed by atoms with Gasteiger partial charge in [-0.05, 0) is 13.8 Å². The highest BCUT2D eigenvalue weighted by atomic mass is 16.2. The van der Waals surface area contributed by atoms with E-state index in [4.69, 9.17) is 0 Å². The van der Waals surface area contributed by atoms with Crippen molar-refractivity contribution < 1.29 is 4.79 Å². The van der Waals surface area contributed by atoms with Crippen molar-refractivity contribution in [2.75, 3.05) is 26.2 Å². The molecule has 1 atom stereocenters. The zero-order valence-electron chi connectivity index (χ0n) is 7.76. The minimum Gasteiger partial charge on any atom is -0.338 e. The van der Waals surface area contributed by atoms with Crippen LogP contribution in [0.3, 0.4) is 0 Å². The van der Waals surface area contributed by atoms with Crippen molar-refractivity contribution in [1.82, 2.24) is 15.5 Å². The molecular formula is C8H17N3O. The Bertz CT molecular complexity index is 160. The van der Waals surface area contributed by atoms with Crippen LogP contribution in [0.5, 0.6) is 0 Å². The Kier molecular flexibility index (Phi) is 3.34. The van der Waals surface area contributed by atoms with Crippen molar-refractivity contribution in [3.05, 3.63) is 0 Å². The van der Waals surface area contributed by atoms with Crippen molar-refractivity contribution in [2.45, 2.75) is 19.9 Å². The Morgan fingerprint density at radius 1 is 1.75 bits per heavy atom. The molecule has 1 aliphatic heterocycles. The number of hydrogen-bond donors (Lipinski definition) is 2. The third-order valence-electron chi connectivity index (χ3n) is 1.98. The van der Waals surface area contributed by atoms with Gasteiger partial charge < -0.3 is 15.5 Å². The van der Waals surface area contributed by atoms with E-state index < -0.39 is 0 Å². The lowest BCUT2D eigenvalue weighted by Crippen LogP contribution is -2.54. The highest BCUT2D eigenvalue weighted by molar-refractivity contribution is 5.74. The molecule has 0 spiro atoms. The highest BCUT2D eigenvalue weighted by Crippen LogP contribution is 1.97. The molecule has 0 saturated carbocycles. The standard InChI is InChI=1S/C8H17N3O/c1-3-9-8(12)11-5-4-10-7(2)6-11/h7,10H,3-6H2,1-2H3,(H,9,12)/t7-/m0/s1. The first kappa shape index (κ1) is 9.32. The minimum absolute atomic E-state index is 0.0610. The van der Waals surface area contributed by atoms with Crippen molar-refractivity contribution in [3.8, 4) is 0 Å². The molecule has 1 rings (SSSR count). The summed E-state index contributed by atoms with van der Waals surface area (Å²) in [6.07, 6.45) is 0. The van der Waals surface area contributed by atoms with Gasteiger partial charge in [-0.25, -0.2) is 4.79 Å². The molecule has 1 saturated heterocycles. The maximum absolute atomic E-state index is 11.3. The van der Waals surface area contributed by atoms with Crippen LogP contribution in [0.25, 0.3) is 0 Å². The van der Waals surface area contributed by atoms with Crippen molar-refractivity contribution in [2.24, 2.45) is 0 Å². The zero-order chi connectivity index (χ0) is 8.97. The van der Waals surface area contributed by atoms with Crippen LogP contribution in [0, 0.1) is 0 Å². The molecule has 0 bridgehead atoms. The molecule has 0 aromatic rings. The van der Waals surface area contributed by atoms with Gasteiger partial charge in [0.15, 0.2) is 0 Å². The minimum atomic E-state index is 0.0610. The average Bonchev–Trinajstić information content (AvgIpc) is 2.05. The summed E-state index contributed by atoms with van der Waals surface area (Å²) < 4.78 is 0. The lowest BCUT2D eigenvalue weighted by atomic mass is 10.2. The molecule has 0 radical (unpaired) electrons. The van der Waals surface area contributed by atoms with Gasteiger partial charge in [0.1, 0.15) is 0 Å². The number of hydrogen-bond acceptors (Lipinski definition) is 2. The summed E-state index contributed by atoms with van der Waals surface area (Å²) in [4.78, 5) is 13.2. The zero-order valence-corrected chi connectivity index (χ0v) is 7.76. The Hall–Kier alpha value is -0.770. The fourth-order valence-electron chi connectivity index (χ4n) is 1.38. The quantitative estimate of drug-likeness (QED) is 0.583. The van der Waals surface area contributed by atoms with Crippen molar-refractivity contribution in [1.29, 1.82) is 0 Å². The topological polar surface area (TPSA) is 44.4 Å². The van der Waals surface area contributed by atoms with Gasteiger partial charge in [-0.2, -0.15) is 0 Å². The summed E-state index contributed by atoms with van der Waals surface area (Å²) in [7, 11) is 0. The summed E-state index contributed by atoms with van der Waals surface area (Å²) in [5, 5.41) is 6.08. The lowest BCUT2D eigenvalue weighted by molar-refractivity contribution is 0.180. The summed E-state index contributed by atoms with van der Waals surface area (Å²) in [5.74, 6) is 0. The van der Waals surface area contributed by atoms with Crippen LogP contribution in [-0.2, 0) is 0 Å². The predicted molar refractivity (Wildman–Crippen MR) is 48.1 cm³/mol. The monoisotopic (exact) mass is 171 g/mol. The van der Waals surface area contributed by atoms with E-state index in [-0.39, 0.29) is 6.03 Å². The van der Waals surface area contributed by atoms with Crippen LogP contribution in [-0.4, -0.2) is 43.2 Å². The molecule has 0 aromatic heterocycles. The number of nitrogens with one attached hydrogen (secondary N) is 2. The van der Waals surface area contributed by atoms with Gasteiger partial charge in [0, 0.05) is 32.2 Å². The number of carbonyl (C=O) groups excluding carboxylic acids is 1. The van der Waals surface area contributed by atoms with Gasteiger partial charge in [0.2, 0.25) is 0 Å². The van der Waals surface area contributed by atoms with Gasteiger partial charge in [-0.15, -0.1) is 0 Å². The fourth-order valence-corrected chi connectivity index (χ4v) is 1.38. The number of piperazine rings is 1. The number of rotatable bonds is 1. The Morgan fingerprint density at radius 2 is 2.50 bits per heavy atom. The van der Waals surface area contributed by atoms with E-state index in [9.17, 15) is 4.79 Å². The summed E-state index contributed by atoms with van der Waals surface area (Å²) >= 11 is 0. The number of urea groups is 1. The molecule has 2 amide bonds. The third kappa shape index (κ3) is 2.37. The third-order valence-corrected chi connectivity index (χ3v) is 1.98. The van der Waals surface area contributed by atoms with Crippen LogP contribution >= 0.6 is 0 Å². The van der Waals surface area contributed by atoms with Crippen molar-refractivity contribution >= 4 is 6.03 Å². The lowest BCUT2D eigenvalue weighted by Gasteiger charge is -2.31. The second-order valence-electron chi connectivity index (χ2n) is 3.14. The summed E-state index contributed by atoms with van der Waals surface area (Å²) in [6, 6.07) is 0.479. The number of carbonyl (C=O) groups is 1. The molecule has 70 valence electrons. The van der Waals surface area contributed by atoms with Gasteiger partial charge >= 0.3 is 6.03 Å². The van der Waals surface area contributed by atoms with Crippen LogP contribution < -0.4 is 10.6 Å². The van der Waals surface area contributed by atoms with Crippen LogP contribution in [0.1, 0.15) is 13.8 Å². The molecule has 0 aromatic carbocycles. The number of amides is 2. The molecule has 12 heavy (non-hydrogen) atoms. The van der Waals surface area contributed by atoms with Gasteiger partial charge in [-0.1, -0.05) is 0 Å². The molecule has 1 heterocycles. The predicted octanol–water partition coefficient (Wildman–Crippen LogP) is 0.00960.